The zero-order chi connectivity index (χ0) is 33.1. The number of ether oxygens (including phenoxy) is 1. The summed E-state index contributed by atoms with van der Waals surface area (Å²) in [6, 6.07) is 17.7. The van der Waals surface area contributed by atoms with Crippen molar-refractivity contribution in [2.24, 2.45) is 0 Å². The van der Waals surface area contributed by atoms with Crippen LogP contribution in [0.5, 0.6) is 11.6 Å². The molecule has 14 heteroatoms. The van der Waals surface area contributed by atoms with E-state index in [1.165, 1.54) is 17.0 Å². The lowest BCUT2D eigenvalue weighted by Gasteiger charge is -2.31. The lowest BCUT2D eigenvalue weighted by molar-refractivity contribution is 0.132. The SMILES string of the molecule is Cc1ccc2c(NS(=O)(=O)Cc3ccccc3Cl)c(F)ccc2c1Oc1ncccc1-c1ccnc(NC2CCCN(C(=O)O)C2)n1. The third-order valence-electron chi connectivity index (χ3n) is 7.78. The summed E-state index contributed by atoms with van der Waals surface area (Å²) < 4.78 is 50.3. The molecule has 0 aliphatic carbocycles. The van der Waals surface area contributed by atoms with Crippen LogP contribution in [0.4, 0.5) is 20.8 Å². The summed E-state index contributed by atoms with van der Waals surface area (Å²) in [4.78, 5) is 26.3. The fraction of sp³-hybridized carbons (Fsp3) is 0.212. The molecular weight excluding hydrogens is 647 g/mol. The fourth-order valence-corrected chi connectivity index (χ4v) is 7.04. The van der Waals surface area contributed by atoms with Gasteiger partial charge >= 0.3 is 6.09 Å². The Morgan fingerprint density at radius 2 is 1.87 bits per heavy atom. The molecule has 3 aromatic carbocycles. The average molecular weight is 677 g/mol. The molecule has 3 heterocycles. The summed E-state index contributed by atoms with van der Waals surface area (Å²) in [5, 5.41) is 13.7. The Bertz CT molecular complexity index is 2080. The number of piperidine rings is 1. The molecule has 1 aliphatic rings. The van der Waals surface area contributed by atoms with Gasteiger partial charge in [-0.05, 0) is 67.3 Å². The zero-order valence-corrected chi connectivity index (χ0v) is 26.7. The van der Waals surface area contributed by atoms with Gasteiger partial charge in [-0.1, -0.05) is 41.9 Å². The maximum atomic E-state index is 15.2. The first kappa shape index (κ1) is 32.0. The molecule has 2 aromatic heterocycles. The second kappa shape index (κ2) is 13.4. The first-order valence-corrected chi connectivity index (χ1v) is 16.8. The van der Waals surface area contributed by atoms with Crippen molar-refractivity contribution in [1.82, 2.24) is 19.9 Å². The number of aromatic nitrogens is 3. The molecule has 1 aliphatic heterocycles. The molecule has 47 heavy (non-hydrogen) atoms. The number of carboxylic acid groups (broad SMARTS) is 1. The number of aryl methyl sites for hydroxylation is 1. The number of hydrogen-bond acceptors (Lipinski definition) is 8. The van der Waals surface area contributed by atoms with E-state index in [1.54, 1.807) is 67.0 Å². The number of fused-ring (bicyclic) bond motifs is 1. The van der Waals surface area contributed by atoms with E-state index in [-0.39, 0.29) is 17.6 Å². The van der Waals surface area contributed by atoms with E-state index in [9.17, 15) is 18.3 Å². The molecule has 0 bridgehead atoms. The van der Waals surface area contributed by atoms with Gasteiger partial charge in [0.05, 0.1) is 22.7 Å². The zero-order valence-electron chi connectivity index (χ0n) is 25.2. The standard InChI is InChI=1S/C33H30ClFN6O5S/c1-20-10-11-23-24(12-13-27(35)29(23)40-47(44,45)19-21-6-2-3-9-26(21)34)30(20)46-31-25(8-4-15-36-31)28-14-16-37-32(39-28)38-22-7-5-17-41(18-22)33(42)43/h2-4,6,8-16,22,40H,5,7,17-19H2,1H3,(H,42,43)(H,37,38,39). The highest BCUT2D eigenvalue weighted by Crippen LogP contribution is 2.40. The van der Waals surface area contributed by atoms with Crippen molar-refractivity contribution in [2.75, 3.05) is 23.1 Å². The van der Waals surface area contributed by atoms with Crippen LogP contribution in [0, 0.1) is 12.7 Å². The number of anilines is 2. The highest BCUT2D eigenvalue weighted by Gasteiger charge is 2.24. The predicted molar refractivity (Wildman–Crippen MR) is 178 cm³/mol. The van der Waals surface area contributed by atoms with Crippen LogP contribution in [0.3, 0.4) is 0 Å². The van der Waals surface area contributed by atoms with E-state index in [2.05, 4.69) is 25.0 Å². The molecule has 0 spiro atoms. The quantitative estimate of drug-likeness (QED) is 0.149. The van der Waals surface area contributed by atoms with Gasteiger partial charge < -0.3 is 20.1 Å². The number of likely N-dealkylation sites (tertiary alicyclic amines) is 1. The molecule has 1 fully saturated rings. The van der Waals surface area contributed by atoms with E-state index >= 15 is 4.39 Å². The minimum Gasteiger partial charge on any atom is -0.465 e. The van der Waals surface area contributed by atoms with E-state index < -0.39 is 27.7 Å². The van der Waals surface area contributed by atoms with Crippen molar-refractivity contribution in [2.45, 2.75) is 31.6 Å². The Balaban J connectivity index is 1.30. The molecule has 1 atom stereocenters. The largest absolute Gasteiger partial charge is 0.465 e. The van der Waals surface area contributed by atoms with Gasteiger partial charge in [-0.2, -0.15) is 0 Å². The number of pyridine rings is 1. The van der Waals surface area contributed by atoms with E-state index in [1.807, 2.05) is 6.92 Å². The van der Waals surface area contributed by atoms with Crippen LogP contribution >= 0.6 is 11.6 Å². The first-order valence-electron chi connectivity index (χ1n) is 14.7. The number of sulfonamides is 1. The Labute approximate surface area is 275 Å². The smallest absolute Gasteiger partial charge is 0.407 e. The average Bonchev–Trinajstić information content (AvgIpc) is 3.05. The van der Waals surface area contributed by atoms with E-state index in [4.69, 9.17) is 16.3 Å². The predicted octanol–water partition coefficient (Wildman–Crippen LogP) is 7.08. The maximum Gasteiger partial charge on any atom is 0.407 e. The summed E-state index contributed by atoms with van der Waals surface area (Å²) in [5.41, 5.74) is 1.93. The van der Waals surface area contributed by atoms with E-state index in [0.29, 0.717) is 63.0 Å². The maximum absolute atomic E-state index is 15.2. The van der Waals surface area contributed by atoms with Crippen molar-refractivity contribution in [3.8, 4) is 22.9 Å². The molecule has 242 valence electrons. The van der Waals surface area contributed by atoms with Crippen molar-refractivity contribution in [3.63, 3.8) is 0 Å². The Morgan fingerprint density at radius 1 is 1.06 bits per heavy atom. The normalized spacial score (nSPS) is 15.0. The summed E-state index contributed by atoms with van der Waals surface area (Å²) in [6.07, 6.45) is 3.69. The van der Waals surface area contributed by atoms with Crippen LogP contribution in [0.25, 0.3) is 22.0 Å². The first-order chi connectivity index (χ1) is 22.6. The molecule has 1 amide bonds. The van der Waals surface area contributed by atoms with Crippen LogP contribution in [-0.2, 0) is 15.8 Å². The van der Waals surface area contributed by atoms with Gasteiger partial charge in [0.15, 0.2) is 0 Å². The number of benzene rings is 3. The van der Waals surface area contributed by atoms with Gasteiger partial charge in [0.2, 0.25) is 21.9 Å². The number of nitrogens with zero attached hydrogens (tertiary/aromatic N) is 4. The lowest BCUT2D eigenvalue weighted by atomic mass is 10.0. The van der Waals surface area contributed by atoms with Gasteiger partial charge in [0.25, 0.3) is 0 Å². The van der Waals surface area contributed by atoms with Gasteiger partial charge in [0, 0.05) is 47.3 Å². The molecule has 3 N–H and O–H groups in total. The van der Waals surface area contributed by atoms with Gasteiger partial charge in [0.1, 0.15) is 11.6 Å². The molecule has 0 radical (unpaired) electrons. The van der Waals surface area contributed by atoms with Crippen LogP contribution in [-0.4, -0.2) is 58.6 Å². The highest BCUT2D eigenvalue weighted by atomic mass is 35.5. The molecule has 0 saturated carbocycles. The van der Waals surface area contributed by atoms with Crippen molar-refractivity contribution >= 4 is 50.1 Å². The molecular formula is C33H30ClFN6O5S. The monoisotopic (exact) mass is 676 g/mol. The summed E-state index contributed by atoms with van der Waals surface area (Å²) >= 11 is 6.18. The second-order valence-electron chi connectivity index (χ2n) is 11.1. The minimum absolute atomic E-state index is 0.144. The van der Waals surface area contributed by atoms with E-state index in [0.717, 1.165) is 12.8 Å². The van der Waals surface area contributed by atoms with Crippen molar-refractivity contribution in [1.29, 1.82) is 0 Å². The number of hydrogen-bond donors (Lipinski definition) is 3. The Morgan fingerprint density at radius 3 is 2.68 bits per heavy atom. The van der Waals surface area contributed by atoms with Gasteiger partial charge in [-0.15, -0.1) is 0 Å². The molecule has 11 nitrogen and oxygen atoms in total. The number of rotatable bonds is 9. The molecule has 5 aromatic rings. The van der Waals surface area contributed by atoms with Crippen molar-refractivity contribution < 1.29 is 27.4 Å². The van der Waals surface area contributed by atoms with Crippen LogP contribution in [0.1, 0.15) is 24.0 Å². The number of amides is 1. The minimum atomic E-state index is -4.05. The number of halogens is 2. The van der Waals surface area contributed by atoms with Gasteiger partial charge in [-0.3, -0.25) is 4.72 Å². The van der Waals surface area contributed by atoms with Crippen LogP contribution in [0.15, 0.2) is 79.1 Å². The molecule has 1 saturated heterocycles. The third kappa shape index (κ3) is 7.21. The Kier molecular flexibility index (Phi) is 9.10. The topological polar surface area (TPSA) is 147 Å². The van der Waals surface area contributed by atoms with Crippen LogP contribution < -0.4 is 14.8 Å². The van der Waals surface area contributed by atoms with Gasteiger partial charge in [-0.25, -0.2) is 32.6 Å². The van der Waals surface area contributed by atoms with Crippen LogP contribution in [0.2, 0.25) is 5.02 Å². The summed E-state index contributed by atoms with van der Waals surface area (Å²) in [6.45, 7) is 2.63. The fourth-order valence-electron chi connectivity index (χ4n) is 5.50. The third-order valence-corrected chi connectivity index (χ3v) is 9.36. The number of carbonyl (C=O) groups is 1. The molecule has 1 unspecified atom stereocenters. The summed E-state index contributed by atoms with van der Waals surface area (Å²) in [7, 11) is -4.05. The lowest BCUT2D eigenvalue weighted by Crippen LogP contribution is -2.44. The highest BCUT2D eigenvalue weighted by molar-refractivity contribution is 7.92. The molecule has 6 rings (SSSR count). The summed E-state index contributed by atoms with van der Waals surface area (Å²) in [5.74, 6) is -0.285. The van der Waals surface area contributed by atoms with Crippen molar-refractivity contribution in [3.05, 3.63) is 101 Å². The Hall–Kier alpha value is -5.01. The second-order valence-corrected chi connectivity index (χ2v) is 13.2. The number of nitrogens with one attached hydrogen (secondary N) is 2.